The lowest BCUT2D eigenvalue weighted by molar-refractivity contribution is 0.0697. The van der Waals surface area contributed by atoms with Gasteiger partial charge in [0.05, 0.1) is 16.3 Å². The zero-order chi connectivity index (χ0) is 16.0. The van der Waals surface area contributed by atoms with Crippen LogP contribution < -0.4 is 5.32 Å². The highest BCUT2D eigenvalue weighted by Crippen LogP contribution is 2.23. The van der Waals surface area contributed by atoms with Crippen molar-refractivity contribution in [1.29, 1.82) is 0 Å². The number of amides is 2. The van der Waals surface area contributed by atoms with E-state index in [0.717, 1.165) is 0 Å². The Morgan fingerprint density at radius 3 is 2.52 bits per heavy atom. The van der Waals surface area contributed by atoms with Crippen LogP contribution in [0, 0.1) is 0 Å². The molecule has 0 fully saturated rings. The van der Waals surface area contributed by atoms with Gasteiger partial charge in [-0.05, 0) is 38.5 Å². The van der Waals surface area contributed by atoms with Crippen LogP contribution in [0.25, 0.3) is 0 Å². The maximum Gasteiger partial charge on any atom is 0.335 e. The van der Waals surface area contributed by atoms with Crippen LogP contribution in [-0.4, -0.2) is 46.3 Å². The van der Waals surface area contributed by atoms with E-state index in [2.05, 4.69) is 5.32 Å². The molecule has 0 atom stereocenters. The SMILES string of the molecule is CC(C)N(CCCO)C(=O)Nc1ccc(C(=O)O)cc1Cl. The number of aliphatic hydroxyl groups excluding tert-OH is 1. The highest BCUT2D eigenvalue weighted by Gasteiger charge is 2.18. The summed E-state index contributed by atoms with van der Waals surface area (Å²) in [5, 5.41) is 20.5. The molecule has 0 aliphatic rings. The quantitative estimate of drug-likeness (QED) is 0.753. The smallest absolute Gasteiger partial charge is 0.335 e. The number of aliphatic hydroxyl groups is 1. The lowest BCUT2D eigenvalue weighted by Gasteiger charge is -2.27. The molecule has 0 bridgehead atoms. The van der Waals surface area contributed by atoms with Crippen LogP contribution >= 0.6 is 11.6 Å². The number of urea groups is 1. The van der Waals surface area contributed by atoms with Crippen molar-refractivity contribution in [2.24, 2.45) is 0 Å². The van der Waals surface area contributed by atoms with E-state index in [4.69, 9.17) is 21.8 Å². The molecule has 1 rings (SSSR count). The van der Waals surface area contributed by atoms with E-state index in [1.165, 1.54) is 18.2 Å². The van der Waals surface area contributed by atoms with E-state index in [1.807, 2.05) is 13.8 Å². The van der Waals surface area contributed by atoms with E-state index in [9.17, 15) is 9.59 Å². The number of nitrogens with zero attached hydrogens (tertiary/aromatic N) is 1. The average Bonchev–Trinajstić information content (AvgIpc) is 2.40. The molecule has 0 radical (unpaired) electrons. The first-order valence-corrected chi connectivity index (χ1v) is 6.96. The Hall–Kier alpha value is -1.79. The highest BCUT2D eigenvalue weighted by atomic mass is 35.5. The number of hydrogen-bond acceptors (Lipinski definition) is 3. The van der Waals surface area contributed by atoms with Gasteiger partial charge in [0, 0.05) is 19.2 Å². The van der Waals surface area contributed by atoms with Gasteiger partial charge in [-0.3, -0.25) is 0 Å². The number of rotatable bonds is 6. The molecule has 1 aromatic carbocycles. The summed E-state index contributed by atoms with van der Waals surface area (Å²) in [6, 6.07) is 3.73. The van der Waals surface area contributed by atoms with E-state index in [0.29, 0.717) is 18.7 Å². The molecule has 1 aromatic rings. The van der Waals surface area contributed by atoms with Gasteiger partial charge >= 0.3 is 12.0 Å². The Balaban J connectivity index is 2.83. The van der Waals surface area contributed by atoms with Gasteiger partial charge in [0.25, 0.3) is 0 Å². The molecule has 0 aromatic heterocycles. The zero-order valence-electron chi connectivity index (χ0n) is 12.0. The second kappa shape index (κ2) is 7.85. The van der Waals surface area contributed by atoms with Crippen LogP contribution in [0.15, 0.2) is 18.2 Å². The van der Waals surface area contributed by atoms with Crippen molar-refractivity contribution in [2.45, 2.75) is 26.3 Å². The Morgan fingerprint density at radius 1 is 1.38 bits per heavy atom. The van der Waals surface area contributed by atoms with E-state index >= 15 is 0 Å². The Kier molecular flexibility index (Phi) is 6.45. The third-order valence-corrected chi connectivity index (χ3v) is 3.21. The predicted molar refractivity (Wildman–Crippen MR) is 81.0 cm³/mol. The van der Waals surface area contributed by atoms with Gasteiger partial charge in [0.1, 0.15) is 0 Å². The van der Waals surface area contributed by atoms with Crippen LogP contribution in [0.4, 0.5) is 10.5 Å². The molecular formula is C14H19ClN2O4. The number of hydrogen-bond donors (Lipinski definition) is 3. The largest absolute Gasteiger partial charge is 0.478 e. The number of anilines is 1. The molecule has 7 heteroatoms. The van der Waals surface area contributed by atoms with Gasteiger partial charge in [-0.1, -0.05) is 11.6 Å². The summed E-state index contributed by atoms with van der Waals surface area (Å²) in [7, 11) is 0. The monoisotopic (exact) mass is 314 g/mol. The van der Waals surface area contributed by atoms with E-state index < -0.39 is 5.97 Å². The Morgan fingerprint density at radius 2 is 2.05 bits per heavy atom. The third-order valence-electron chi connectivity index (χ3n) is 2.90. The van der Waals surface area contributed by atoms with Crippen LogP contribution in [0.1, 0.15) is 30.6 Å². The van der Waals surface area contributed by atoms with Crippen molar-refractivity contribution in [3.63, 3.8) is 0 Å². The van der Waals surface area contributed by atoms with Crippen LogP contribution in [0.3, 0.4) is 0 Å². The maximum atomic E-state index is 12.2. The highest BCUT2D eigenvalue weighted by molar-refractivity contribution is 6.34. The summed E-state index contributed by atoms with van der Waals surface area (Å²) in [6.45, 7) is 4.16. The van der Waals surface area contributed by atoms with E-state index in [1.54, 1.807) is 4.90 Å². The number of carbonyl (C=O) groups excluding carboxylic acids is 1. The summed E-state index contributed by atoms with van der Waals surface area (Å²) >= 11 is 5.97. The minimum atomic E-state index is -1.08. The summed E-state index contributed by atoms with van der Waals surface area (Å²) in [4.78, 5) is 24.6. The normalized spacial score (nSPS) is 10.5. The zero-order valence-corrected chi connectivity index (χ0v) is 12.7. The van der Waals surface area contributed by atoms with Crippen molar-refractivity contribution < 1.29 is 19.8 Å². The minimum absolute atomic E-state index is 0.00453. The molecule has 0 unspecified atom stereocenters. The summed E-state index contributed by atoms with van der Waals surface area (Å²) < 4.78 is 0. The number of carboxylic acid groups (broad SMARTS) is 1. The standard InChI is InChI=1S/C14H19ClN2O4/c1-9(2)17(6-3-7-18)14(21)16-12-5-4-10(13(19)20)8-11(12)15/h4-5,8-9,18H,3,6-7H2,1-2H3,(H,16,21)(H,19,20). The van der Waals surface area contributed by atoms with Crippen molar-refractivity contribution in [3.8, 4) is 0 Å². The Bertz CT molecular complexity index is 520. The Labute approximate surface area is 128 Å². The van der Waals surface area contributed by atoms with Gasteiger partial charge in [-0.25, -0.2) is 9.59 Å². The molecule has 0 saturated carbocycles. The first-order chi connectivity index (χ1) is 9.86. The summed E-state index contributed by atoms with van der Waals surface area (Å²) in [6.07, 6.45) is 0.483. The first-order valence-electron chi connectivity index (χ1n) is 6.58. The molecule has 21 heavy (non-hydrogen) atoms. The number of carbonyl (C=O) groups is 2. The first kappa shape index (κ1) is 17.3. The molecular weight excluding hydrogens is 296 g/mol. The van der Waals surface area contributed by atoms with Crippen LogP contribution in [0.5, 0.6) is 0 Å². The fourth-order valence-corrected chi connectivity index (χ4v) is 2.00. The molecule has 0 saturated heterocycles. The molecule has 0 aliphatic carbocycles. The van der Waals surface area contributed by atoms with Crippen molar-refractivity contribution >= 4 is 29.3 Å². The second-order valence-corrected chi connectivity index (χ2v) is 5.20. The summed E-state index contributed by atoms with van der Waals surface area (Å²) in [5.41, 5.74) is 0.403. The number of carboxylic acids is 1. The fourth-order valence-electron chi connectivity index (χ4n) is 1.77. The summed E-state index contributed by atoms with van der Waals surface area (Å²) in [5.74, 6) is -1.08. The van der Waals surface area contributed by atoms with Gasteiger partial charge in [0.2, 0.25) is 0 Å². The fraction of sp³-hybridized carbons (Fsp3) is 0.429. The lowest BCUT2D eigenvalue weighted by Crippen LogP contribution is -2.41. The van der Waals surface area contributed by atoms with Crippen LogP contribution in [-0.2, 0) is 0 Å². The van der Waals surface area contributed by atoms with Crippen LogP contribution in [0.2, 0.25) is 5.02 Å². The topological polar surface area (TPSA) is 89.9 Å². The predicted octanol–water partition coefficient (Wildman–Crippen LogP) is 2.66. The number of halogens is 1. The molecule has 6 nitrogen and oxygen atoms in total. The molecule has 0 aliphatic heterocycles. The van der Waals surface area contributed by atoms with Crippen molar-refractivity contribution in [3.05, 3.63) is 28.8 Å². The lowest BCUT2D eigenvalue weighted by atomic mass is 10.2. The molecule has 0 heterocycles. The van der Waals surface area contributed by atoms with Gasteiger partial charge in [-0.15, -0.1) is 0 Å². The third kappa shape index (κ3) is 4.91. The average molecular weight is 315 g/mol. The molecule has 3 N–H and O–H groups in total. The van der Waals surface area contributed by atoms with Crippen molar-refractivity contribution in [1.82, 2.24) is 4.90 Å². The van der Waals surface area contributed by atoms with Crippen molar-refractivity contribution in [2.75, 3.05) is 18.5 Å². The number of benzene rings is 1. The molecule has 2 amide bonds. The maximum absolute atomic E-state index is 12.2. The molecule has 116 valence electrons. The second-order valence-electron chi connectivity index (χ2n) is 4.79. The van der Waals surface area contributed by atoms with Gasteiger partial charge in [-0.2, -0.15) is 0 Å². The minimum Gasteiger partial charge on any atom is -0.478 e. The number of nitrogens with one attached hydrogen (secondary N) is 1. The van der Waals surface area contributed by atoms with E-state index in [-0.39, 0.29) is 29.3 Å². The van der Waals surface area contributed by atoms with Gasteiger partial charge in [0.15, 0.2) is 0 Å². The van der Waals surface area contributed by atoms with Gasteiger partial charge < -0.3 is 20.4 Å². The molecule has 0 spiro atoms. The number of aromatic carboxylic acids is 1.